The van der Waals surface area contributed by atoms with E-state index in [1.54, 1.807) is 38.5 Å². The first-order chi connectivity index (χ1) is 8.29. The van der Waals surface area contributed by atoms with E-state index in [1.165, 1.54) is 38.5 Å². The predicted octanol–water partition coefficient (Wildman–Crippen LogP) is 5.95. The van der Waals surface area contributed by atoms with E-state index in [1.807, 2.05) is 0 Å². The van der Waals surface area contributed by atoms with Gasteiger partial charge >= 0.3 is 0 Å². The van der Waals surface area contributed by atoms with E-state index in [0.29, 0.717) is 0 Å². The van der Waals surface area contributed by atoms with Crippen molar-refractivity contribution >= 4 is 0 Å². The molecule has 2 fully saturated rings. The molecule has 0 heterocycles. The van der Waals surface area contributed by atoms with Gasteiger partial charge in [0.1, 0.15) is 0 Å². The lowest BCUT2D eigenvalue weighted by atomic mass is 9.63. The first-order valence-electron chi connectivity index (χ1n) is 8.29. The van der Waals surface area contributed by atoms with E-state index in [9.17, 15) is 0 Å². The summed E-state index contributed by atoms with van der Waals surface area (Å²) >= 11 is 0. The van der Waals surface area contributed by atoms with E-state index in [-0.39, 0.29) is 0 Å². The standard InChI is InChI=1S/C17H32/c1-3-12-17(4-2)13-10-16(11-14-17)15-8-6-5-7-9-15/h15-16H,3-14H2,1-2H3. The van der Waals surface area contributed by atoms with Crippen molar-refractivity contribution in [3.63, 3.8) is 0 Å². The normalized spacial score (nSPS) is 36.0. The summed E-state index contributed by atoms with van der Waals surface area (Å²) in [6.07, 6.45) is 18.2. The van der Waals surface area contributed by atoms with Crippen molar-refractivity contribution in [1.29, 1.82) is 0 Å². The first-order valence-corrected chi connectivity index (χ1v) is 8.29. The lowest BCUT2D eigenvalue weighted by molar-refractivity contribution is 0.0893. The Bertz CT molecular complexity index is 204. The topological polar surface area (TPSA) is 0 Å². The molecular formula is C17H32. The van der Waals surface area contributed by atoms with Crippen LogP contribution < -0.4 is 0 Å². The summed E-state index contributed by atoms with van der Waals surface area (Å²) in [5.41, 5.74) is 0.750. The average Bonchev–Trinajstić information content (AvgIpc) is 2.41. The summed E-state index contributed by atoms with van der Waals surface area (Å²) in [5, 5.41) is 0. The fraction of sp³-hybridized carbons (Fsp3) is 1.00. The van der Waals surface area contributed by atoms with Crippen LogP contribution >= 0.6 is 0 Å². The summed E-state index contributed by atoms with van der Waals surface area (Å²) in [4.78, 5) is 0. The summed E-state index contributed by atoms with van der Waals surface area (Å²) < 4.78 is 0. The molecule has 100 valence electrons. The van der Waals surface area contributed by atoms with Gasteiger partial charge in [0.2, 0.25) is 0 Å². The molecule has 0 heteroatoms. The Kier molecular flexibility index (Phi) is 4.94. The Morgan fingerprint density at radius 2 is 1.41 bits per heavy atom. The zero-order valence-corrected chi connectivity index (χ0v) is 12.1. The Labute approximate surface area is 109 Å². The van der Waals surface area contributed by atoms with Crippen LogP contribution in [0.1, 0.15) is 90.9 Å². The molecule has 0 nitrogen and oxygen atoms in total. The van der Waals surface area contributed by atoms with Crippen molar-refractivity contribution in [2.45, 2.75) is 90.9 Å². The minimum absolute atomic E-state index is 0.750. The van der Waals surface area contributed by atoms with E-state index in [0.717, 1.165) is 17.3 Å². The summed E-state index contributed by atoms with van der Waals surface area (Å²) in [6, 6.07) is 0. The highest BCUT2D eigenvalue weighted by Crippen LogP contribution is 2.48. The minimum atomic E-state index is 0.750. The fourth-order valence-corrected chi connectivity index (χ4v) is 4.64. The molecule has 0 amide bonds. The van der Waals surface area contributed by atoms with Crippen LogP contribution in [0.5, 0.6) is 0 Å². The van der Waals surface area contributed by atoms with Gasteiger partial charge in [0.15, 0.2) is 0 Å². The lowest BCUT2D eigenvalue weighted by Gasteiger charge is -2.43. The maximum Gasteiger partial charge on any atom is -0.0300 e. The molecule has 0 saturated heterocycles. The molecule has 17 heavy (non-hydrogen) atoms. The van der Waals surface area contributed by atoms with E-state index < -0.39 is 0 Å². The molecule has 2 aliphatic rings. The largest absolute Gasteiger partial charge is 0.0654 e. The van der Waals surface area contributed by atoms with Crippen LogP contribution in [-0.4, -0.2) is 0 Å². The molecule has 0 aliphatic heterocycles. The highest BCUT2D eigenvalue weighted by atomic mass is 14.4. The molecule has 0 N–H and O–H groups in total. The van der Waals surface area contributed by atoms with E-state index in [2.05, 4.69) is 13.8 Å². The van der Waals surface area contributed by atoms with Gasteiger partial charge in [-0.05, 0) is 49.4 Å². The van der Waals surface area contributed by atoms with Gasteiger partial charge < -0.3 is 0 Å². The second kappa shape index (κ2) is 6.25. The third-order valence-corrected chi connectivity index (χ3v) is 5.94. The van der Waals surface area contributed by atoms with Crippen LogP contribution in [0.25, 0.3) is 0 Å². The number of hydrogen-bond donors (Lipinski definition) is 0. The van der Waals surface area contributed by atoms with Crippen LogP contribution in [-0.2, 0) is 0 Å². The van der Waals surface area contributed by atoms with Crippen molar-refractivity contribution in [2.75, 3.05) is 0 Å². The number of hydrogen-bond acceptors (Lipinski definition) is 0. The Balaban J connectivity index is 1.83. The van der Waals surface area contributed by atoms with Crippen molar-refractivity contribution in [3.8, 4) is 0 Å². The summed E-state index contributed by atoms with van der Waals surface area (Å²) in [6.45, 7) is 4.79. The molecule has 2 rings (SSSR count). The molecule has 0 spiro atoms. The predicted molar refractivity (Wildman–Crippen MR) is 76.2 cm³/mol. The molecular weight excluding hydrogens is 204 g/mol. The zero-order chi connectivity index (χ0) is 12.1. The molecule has 0 atom stereocenters. The van der Waals surface area contributed by atoms with Crippen LogP contribution in [0.2, 0.25) is 0 Å². The molecule has 0 radical (unpaired) electrons. The lowest BCUT2D eigenvalue weighted by Crippen LogP contribution is -2.30. The van der Waals surface area contributed by atoms with Gasteiger partial charge in [0.05, 0.1) is 0 Å². The first kappa shape index (κ1) is 13.4. The smallest absolute Gasteiger partial charge is 0.0300 e. The zero-order valence-electron chi connectivity index (χ0n) is 12.1. The van der Waals surface area contributed by atoms with Crippen molar-refractivity contribution < 1.29 is 0 Å². The molecule has 0 aromatic rings. The van der Waals surface area contributed by atoms with E-state index in [4.69, 9.17) is 0 Å². The fourth-order valence-electron chi connectivity index (χ4n) is 4.64. The molecule has 0 bridgehead atoms. The summed E-state index contributed by atoms with van der Waals surface area (Å²) in [7, 11) is 0. The van der Waals surface area contributed by atoms with Crippen LogP contribution in [0, 0.1) is 17.3 Å². The molecule has 0 aromatic carbocycles. The monoisotopic (exact) mass is 236 g/mol. The van der Waals surface area contributed by atoms with Crippen molar-refractivity contribution in [3.05, 3.63) is 0 Å². The van der Waals surface area contributed by atoms with Crippen LogP contribution in [0.4, 0.5) is 0 Å². The Morgan fingerprint density at radius 3 is 1.94 bits per heavy atom. The molecule has 2 saturated carbocycles. The highest BCUT2D eigenvalue weighted by Gasteiger charge is 2.35. The van der Waals surface area contributed by atoms with Gasteiger partial charge in [-0.1, -0.05) is 58.8 Å². The molecule has 0 unspecified atom stereocenters. The second-order valence-corrected chi connectivity index (χ2v) is 6.84. The molecule has 2 aliphatic carbocycles. The Hall–Kier alpha value is 0. The molecule has 0 aromatic heterocycles. The van der Waals surface area contributed by atoms with Gasteiger partial charge in [0, 0.05) is 0 Å². The third-order valence-electron chi connectivity index (χ3n) is 5.94. The quantitative estimate of drug-likeness (QED) is 0.565. The van der Waals surface area contributed by atoms with Gasteiger partial charge in [0.25, 0.3) is 0 Å². The number of rotatable bonds is 4. The Morgan fingerprint density at radius 1 is 0.824 bits per heavy atom. The maximum atomic E-state index is 2.43. The van der Waals surface area contributed by atoms with Gasteiger partial charge in [-0.15, -0.1) is 0 Å². The van der Waals surface area contributed by atoms with Crippen molar-refractivity contribution in [1.82, 2.24) is 0 Å². The van der Waals surface area contributed by atoms with Gasteiger partial charge in [-0.2, -0.15) is 0 Å². The van der Waals surface area contributed by atoms with Gasteiger partial charge in [-0.3, -0.25) is 0 Å². The van der Waals surface area contributed by atoms with Gasteiger partial charge in [-0.25, -0.2) is 0 Å². The third kappa shape index (κ3) is 3.26. The van der Waals surface area contributed by atoms with Crippen molar-refractivity contribution in [2.24, 2.45) is 17.3 Å². The highest BCUT2D eigenvalue weighted by molar-refractivity contribution is 4.87. The minimum Gasteiger partial charge on any atom is -0.0654 e. The SMILES string of the molecule is CCCC1(CC)CCC(C2CCCCC2)CC1. The maximum absolute atomic E-state index is 2.43. The van der Waals surface area contributed by atoms with E-state index >= 15 is 0 Å². The second-order valence-electron chi connectivity index (χ2n) is 6.84. The van der Waals surface area contributed by atoms with Crippen LogP contribution in [0.15, 0.2) is 0 Å². The van der Waals surface area contributed by atoms with Crippen LogP contribution in [0.3, 0.4) is 0 Å². The summed E-state index contributed by atoms with van der Waals surface area (Å²) in [5.74, 6) is 2.21. The average molecular weight is 236 g/mol.